The van der Waals surface area contributed by atoms with E-state index in [2.05, 4.69) is 41.2 Å². The third-order valence-corrected chi connectivity index (χ3v) is 4.62. The molecule has 0 saturated heterocycles. The van der Waals surface area contributed by atoms with Crippen LogP contribution in [0.25, 0.3) is 0 Å². The fraction of sp³-hybridized carbons (Fsp3) is 0.765. The smallest absolute Gasteiger partial charge is 0.326 e. The first-order valence-electron chi connectivity index (χ1n) is 9.23. The first-order chi connectivity index (χ1) is 13.4. The number of aliphatic carboxylic acids is 1. The van der Waals surface area contributed by atoms with Crippen molar-refractivity contribution in [1.29, 1.82) is 0 Å². The van der Waals surface area contributed by atoms with Gasteiger partial charge >= 0.3 is 5.97 Å². The summed E-state index contributed by atoms with van der Waals surface area (Å²) in [6.45, 7) is 4.98. The summed E-state index contributed by atoms with van der Waals surface area (Å²) in [7, 11) is 0. The highest BCUT2D eigenvalue weighted by molar-refractivity contribution is 7.80. The summed E-state index contributed by atoms with van der Waals surface area (Å²) in [6.07, 6.45) is -0.972. The molecule has 7 N–H and O–H groups in total. The van der Waals surface area contributed by atoms with Gasteiger partial charge in [-0.15, -0.1) is 0 Å². The quantitative estimate of drug-likeness (QED) is 0.158. The number of carboxylic acid groups (broad SMARTS) is 1. The van der Waals surface area contributed by atoms with E-state index >= 15 is 0 Å². The Hall–Kier alpha value is -1.50. The summed E-state index contributed by atoms with van der Waals surface area (Å²) >= 11 is 7.90. The van der Waals surface area contributed by atoms with E-state index in [-0.39, 0.29) is 30.3 Å². The third kappa shape index (κ3) is 10.2. The van der Waals surface area contributed by atoms with E-state index in [1.54, 1.807) is 0 Å². The number of hydrogen-bond acceptors (Lipinski definition) is 8. The maximum absolute atomic E-state index is 12.7. The van der Waals surface area contributed by atoms with Crippen molar-refractivity contribution in [1.82, 2.24) is 16.0 Å². The summed E-state index contributed by atoms with van der Waals surface area (Å²) in [5, 5.41) is 26.3. The molecule has 3 amide bonds. The molecule has 0 aromatic rings. The molecule has 168 valence electrons. The Morgan fingerprint density at radius 1 is 0.931 bits per heavy atom. The number of nitrogens with two attached hydrogens (primary N) is 1. The molecule has 0 aliphatic heterocycles. The van der Waals surface area contributed by atoms with Crippen molar-refractivity contribution in [3.63, 3.8) is 0 Å². The van der Waals surface area contributed by atoms with Crippen molar-refractivity contribution in [3.8, 4) is 0 Å². The molecule has 0 heterocycles. The van der Waals surface area contributed by atoms with Crippen molar-refractivity contribution < 1.29 is 29.4 Å². The van der Waals surface area contributed by atoms with Crippen LogP contribution in [0, 0.1) is 5.92 Å². The molecular weight excluding hydrogens is 420 g/mol. The molecule has 0 saturated carbocycles. The monoisotopic (exact) mass is 452 g/mol. The van der Waals surface area contributed by atoms with Crippen molar-refractivity contribution in [2.24, 2.45) is 11.7 Å². The second-order valence-electron chi connectivity index (χ2n) is 7.12. The molecule has 0 unspecified atom stereocenters. The molecule has 0 aliphatic carbocycles. The van der Waals surface area contributed by atoms with Gasteiger partial charge in [0.15, 0.2) is 0 Å². The first kappa shape index (κ1) is 27.5. The van der Waals surface area contributed by atoms with Crippen LogP contribution in [-0.4, -0.2) is 75.7 Å². The van der Waals surface area contributed by atoms with Gasteiger partial charge in [0.25, 0.3) is 0 Å². The standard InChI is InChI=1S/C17H32N4O6S2/c1-8(2)6-12(20-14(23)10(18)7-29)15(24)21-13(9(3)22)16(25)19-11(4-5-28)17(26)27/h8-13,22,28-29H,4-7,18H2,1-3H3,(H,19,25)(H,20,23)(H,21,24)(H,26,27)/t9-,10+,11+,12+,13+/m1/s1. The molecule has 0 aromatic carbocycles. The van der Waals surface area contributed by atoms with Gasteiger partial charge in [-0.05, 0) is 31.4 Å². The number of carboxylic acids is 1. The number of thiol groups is 2. The van der Waals surface area contributed by atoms with Gasteiger partial charge in [-0.3, -0.25) is 14.4 Å². The van der Waals surface area contributed by atoms with Crippen LogP contribution in [0.3, 0.4) is 0 Å². The SMILES string of the molecule is CC(C)C[C@H](NC(=O)[C@@H](N)CS)C(=O)N[C@H](C(=O)N[C@@H](CCS)C(=O)O)[C@@H](C)O. The van der Waals surface area contributed by atoms with Crippen LogP contribution in [0.4, 0.5) is 0 Å². The lowest BCUT2D eigenvalue weighted by molar-refractivity contribution is -0.143. The summed E-state index contributed by atoms with van der Waals surface area (Å²) in [5.74, 6) is -3.04. The highest BCUT2D eigenvalue weighted by atomic mass is 32.1. The summed E-state index contributed by atoms with van der Waals surface area (Å²) in [4.78, 5) is 48.4. The van der Waals surface area contributed by atoms with E-state index in [0.717, 1.165) is 0 Å². The van der Waals surface area contributed by atoms with E-state index < -0.39 is 54.0 Å². The van der Waals surface area contributed by atoms with Gasteiger partial charge in [0, 0.05) is 5.75 Å². The van der Waals surface area contributed by atoms with Gasteiger partial charge in [-0.1, -0.05) is 13.8 Å². The van der Waals surface area contributed by atoms with Crippen LogP contribution in [0.5, 0.6) is 0 Å². The van der Waals surface area contributed by atoms with E-state index in [1.165, 1.54) is 6.92 Å². The zero-order valence-electron chi connectivity index (χ0n) is 16.8. The number of rotatable bonds is 13. The molecule has 0 aliphatic rings. The van der Waals surface area contributed by atoms with Crippen molar-refractivity contribution >= 4 is 48.9 Å². The minimum atomic E-state index is -1.41. The molecule has 10 nitrogen and oxygen atoms in total. The van der Waals surface area contributed by atoms with Crippen molar-refractivity contribution in [2.45, 2.75) is 63.9 Å². The molecule has 5 atom stereocenters. The predicted molar refractivity (Wildman–Crippen MR) is 115 cm³/mol. The van der Waals surface area contributed by atoms with Crippen molar-refractivity contribution in [3.05, 3.63) is 0 Å². The lowest BCUT2D eigenvalue weighted by Gasteiger charge is -2.27. The molecule has 0 aromatic heterocycles. The van der Waals surface area contributed by atoms with Gasteiger partial charge < -0.3 is 31.9 Å². The number of carbonyl (C=O) groups is 4. The first-order valence-corrected chi connectivity index (χ1v) is 10.5. The van der Waals surface area contributed by atoms with Gasteiger partial charge in [-0.2, -0.15) is 25.3 Å². The third-order valence-electron chi connectivity index (χ3n) is 3.97. The Labute approximate surface area is 181 Å². The molecule has 0 fully saturated rings. The highest BCUT2D eigenvalue weighted by Crippen LogP contribution is 2.07. The van der Waals surface area contributed by atoms with E-state index in [1.807, 2.05) is 13.8 Å². The predicted octanol–water partition coefficient (Wildman–Crippen LogP) is -1.47. The molecular formula is C17H32N4O6S2. The fourth-order valence-corrected chi connectivity index (χ4v) is 2.80. The second-order valence-corrected chi connectivity index (χ2v) is 7.93. The number of aliphatic hydroxyl groups is 1. The summed E-state index contributed by atoms with van der Waals surface area (Å²) < 4.78 is 0. The number of amides is 3. The van der Waals surface area contributed by atoms with Crippen LogP contribution < -0.4 is 21.7 Å². The lowest BCUT2D eigenvalue weighted by Crippen LogP contribution is -2.60. The normalized spacial score (nSPS) is 16.3. The number of aliphatic hydroxyl groups excluding tert-OH is 1. The molecule has 12 heteroatoms. The van der Waals surface area contributed by atoms with E-state index in [0.29, 0.717) is 0 Å². The Bertz CT molecular complexity index is 576. The lowest BCUT2D eigenvalue weighted by atomic mass is 10.0. The van der Waals surface area contributed by atoms with Crippen LogP contribution in [-0.2, 0) is 19.2 Å². The number of carbonyl (C=O) groups excluding carboxylic acids is 3. The molecule has 0 rings (SSSR count). The zero-order chi connectivity index (χ0) is 22.7. The summed E-state index contributed by atoms with van der Waals surface area (Å²) in [5.41, 5.74) is 5.62. The molecule has 0 bridgehead atoms. The van der Waals surface area contributed by atoms with Crippen LogP contribution in [0.15, 0.2) is 0 Å². The average Bonchev–Trinajstić information content (AvgIpc) is 2.63. The number of nitrogens with one attached hydrogen (secondary N) is 3. The van der Waals surface area contributed by atoms with Crippen LogP contribution in [0.2, 0.25) is 0 Å². The average molecular weight is 453 g/mol. The Balaban J connectivity index is 5.33. The maximum atomic E-state index is 12.7. The minimum absolute atomic E-state index is 0.0314. The summed E-state index contributed by atoms with van der Waals surface area (Å²) in [6, 6.07) is -4.52. The maximum Gasteiger partial charge on any atom is 0.326 e. The van der Waals surface area contributed by atoms with Gasteiger partial charge in [0.05, 0.1) is 12.1 Å². The van der Waals surface area contributed by atoms with Crippen LogP contribution >= 0.6 is 25.3 Å². The van der Waals surface area contributed by atoms with Crippen molar-refractivity contribution in [2.75, 3.05) is 11.5 Å². The Morgan fingerprint density at radius 2 is 1.48 bits per heavy atom. The Morgan fingerprint density at radius 3 is 1.90 bits per heavy atom. The van der Waals surface area contributed by atoms with Gasteiger partial charge in [0.2, 0.25) is 17.7 Å². The Kier molecular flexibility index (Phi) is 13.0. The molecule has 29 heavy (non-hydrogen) atoms. The fourth-order valence-electron chi connectivity index (χ4n) is 2.37. The largest absolute Gasteiger partial charge is 0.480 e. The molecule has 0 spiro atoms. The van der Waals surface area contributed by atoms with Gasteiger partial charge in [0.1, 0.15) is 18.1 Å². The van der Waals surface area contributed by atoms with Crippen LogP contribution in [0.1, 0.15) is 33.6 Å². The van der Waals surface area contributed by atoms with E-state index in [9.17, 15) is 24.3 Å². The topological polar surface area (TPSA) is 171 Å². The molecule has 0 radical (unpaired) electrons. The minimum Gasteiger partial charge on any atom is -0.480 e. The van der Waals surface area contributed by atoms with Gasteiger partial charge in [-0.25, -0.2) is 4.79 Å². The zero-order valence-corrected chi connectivity index (χ0v) is 18.6. The van der Waals surface area contributed by atoms with E-state index in [4.69, 9.17) is 10.8 Å². The highest BCUT2D eigenvalue weighted by Gasteiger charge is 2.32. The number of hydrogen-bond donors (Lipinski definition) is 8. The second kappa shape index (κ2) is 13.7.